The van der Waals surface area contributed by atoms with Crippen LogP contribution in [0.3, 0.4) is 0 Å². The minimum Gasteiger partial charge on any atom is -0.342 e. The molecule has 2 heterocycles. The summed E-state index contributed by atoms with van der Waals surface area (Å²) in [7, 11) is 0. The van der Waals surface area contributed by atoms with Gasteiger partial charge in [-0.05, 0) is 25.7 Å². The van der Waals surface area contributed by atoms with Gasteiger partial charge < -0.3 is 14.7 Å². The molecular weight excluding hydrogens is 292 g/mol. The number of carbonyl (C=O) groups is 1. The molecule has 6 heteroatoms. The molecule has 1 aromatic rings. The van der Waals surface area contributed by atoms with E-state index in [9.17, 15) is 4.79 Å². The maximum Gasteiger partial charge on any atom is 0.243 e. The minimum absolute atomic E-state index is 0.0422. The number of aryl methyl sites for hydroxylation is 1. The van der Waals surface area contributed by atoms with Crippen molar-refractivity contribution in [3.05, 3.63) is 11.7 Å². The van der Waals surface area contributed by atoms with Crippen LogP contribution >= 0.6 is 0 Å². The summed E-state index contributed by atoms with van der Waals surface area (Å²) in [5, 5.41) is 7.66. The second-order valence-electron chi connectivity index (χ2n) is 6.44. The van der Waals surface area contributed by atoms with Crippen LogP contribution in [0.5, 0.6) is 0 Å². The van der Waals surface area contributed by atoms with E-state index in [4.69, 9.17) is 4.52 Å². The molecule has 2 rings (SSSR count). The molecule has 130 valence electrons. The van der Waals surface area contributed by atoms with Crippen LogP contribution in [0.4, 0.5) is 0 Å². The second kappa shape index (κ2) is 8.43. The fourth-order valence-corrected chi connectivity index (χ4v) is 3.28. The molecule has 0 aromatic carbocycles. The van der Waals surface area contributed by atoms with Crippen molar-refractivity contribution < 1.29 is 9.32 Å². The number of likely N-dealkylation sites (tertiary alicyclic amines) is 1. The van der Waals surface area contributed by atoms with Crippen molar-refractivity contribution in [1.29, 1.82) is 0 Å². The van der Waals surface area contributed by atoms with Gasteiger partial charge in [0.25, 0.3) is 0 Å². The lowest BCUT2D eigenvalue weighted by molar-refractivity contribution is -0.133. The van der Waals surface area contributed by atoms with Crippen LogP contribution < -0.4 is 5.32 Å². The Balaban J connectivity index is 1.94. The molecule has 0 bridgehead atoms. The predicted molar refractivity (Wildman–Crippen MR) is 88.9 cm³/mol. The molecule has 1 aliphatic rings. The maximum atomic E-state index is 11.9. The lowest BCUT2D eigenvalue weighted by Crippen LogP contribution is -2.51. The van der Waals surface area contributed by atoms with Crippen molar-refractivity contribution in [1.82, 2.24) is 20.4 Å². The van der Waals surface area contributed by atoms with Crippen molar-refractivity contribution in [2.45, 2.75) is 71.9 Å². The Morgan fingerprint density at radius 3 is 2.87 bits per heavy atom. The SMILES string of the molecule is CCCc1noc([C@H](C)N[C@@H]2CCN(C(=O)CC)C[C@H]2CC)n1. The number of hydrogen-bond acceptors (Lipinski definition) is 5. The van der Waals surface area contributed by atoms with E-state index in [0.29, 0.717) is 24.3 Å². The molecule has 1 N–H and O–H groups in total. The third-order valence-corrected chi connectivity index (χ3v) is 4.71. The van der Waals surface area contributed by atoms with E-state index in [-0.39, 0.29) is 11.9 Å². The minimum atomic E-state index is 0.0422. The molecule has 0 unspecified atom stereocenters. The highest BCUT2D eigenvalue weighted by Gasteiger charge is 2.31. The van der Waals surface area contributed by atoms with E-state index in [1.54, 1.807) is 0 Å². The number of aromatic nitrogens is 2. The van der Waals surface area contributed by atoms with Gasteiger partial charge in [0.1, 0.15) is 0 Å². The monoisotopic (exact) mass is 322 g/mol. The van der Waals surface area contributed by atoms with Gasteiger partial charge in [0.05, 0.1) is 6.04 Å². The highest BCUT2D eigenvalue weighted by Crippen LogP contribution is 2.23. The molecule has 3 atom stereocenters. The van der Waals surface area contributed by atoms with E-state index >= 15 is 0 Å². The van der Waals surface area contributed by atoms with Crippen molar-refractivity contribution in [3.63, 3.8) is 0 Å². The van der Waals surface area contributed by atoms with E-state index in [0.717, 1.165) is 44.6 Å². The topological polar surface area (TPSA) is 71.3 Å². The first-order chi connectivity index (χ1) is 11.1. The number of amides is 1. The number of carbonyl (C=O) groups excluding carboxylic acids is 1. The first kappa shape index (κ1) is 17.9. The first-order valence-corrected chi connectivity index (χ1v) is 8.95. The smallest absolute Gasteiger partial charge is 0.243 e. The van der Waals surface area contributed by atoms with E-state index in [1.807, 2.05) is 11.8 Å². The third-order valence-electron chi connectivity index (χ3n) is 4.71. The summed E-state index contributed by atoms with van der Waals surface area (Å²) < 4.78 is 5.38. The molecule has 0 spiro atoms. The summed E-state index contributed by atoms with van der Waals surface area (Å²) in [5.74, 6) is 2.18. The van der Waals surface area contributed by atoms with Gasteiger partial charge in [-0.25, -0.2) is 0 Å². The van der Waals surface area contributed by atoms with Gasteiger partial charge in [-0.3, -0.25) is 4.79 Å². The van der Waals surface area contributed by atoms with Gasteiger partial charge in [0.15, 0.2) is 5.82 Å². The summed E-state index contributed by atoms with van der Waals surface area (Å²) in [6.45, 7) is 9.97. The summed E-state index contributed by atoms with van der Waals surface area (Å²) in [6, 6.07) is 0.429. The highest BCUT2D eigenvalue weighted by molar-refractivity contribution is 5.75. The number of piperidine rings is 1. The zero-order valence-electron chi connectivity index (χ0n) is 14.8. The number of hydrogen-bond donors (Lipinski definition) is 1. The summed E-state index contributed by atoms with van der Waals surface area (Å²) in [4.78, 5) is 18.4. The lowest BCUT2D eigenvalue weighted by atomic mass is 9.89. The Bertz CT molecular complexity index is 503. The van der Waals surface area contributed by atoms with Crippen LogP contribution in [0.25, 0.3) is 0 Å². The van der Waals surface area contributed by atoms with Crippen molar-refractivity contribution in [2.75, 3.05) is 13.1 Å². The molecule has 0 radical (unpaired) electrons. The van der Waals surface area contributed by atoms with Gasteiger partial charge in [0.2, 0.25) is 11.8 Å². The number of nitrogens with zero attached hydrogens (tertiary/aromatic N) is 3. The lowest BCUT2D eigenvalue weighted by Gasteiger charge is -2.39. The molecule has 1 fully saturated rings. The number of rotatable bonds is 7. The number of nitrogens with one attached hydrogen (secondary N) is 1. The highest BCUT2D eigenvalue weighted by atomic mass is 16.5. The average Bonchev–Trinajstić information content (AvgIpc) is 3.03. The van der Waals surface area contributed by atoms with Gasteiger partial charge in [-0.2, -0.15) is 4.98 Å². The molecule has 6 nitrogen and oxygen atoms in total. The summed E-state index contributed by atoms with van der Waals surface area (Å²) in [6.07, 6.45) is 4.49. The van der Waals surface area contributed by atoms with Crippen LogP contribution in [0.1, 0.15) is 71.1 Å². The Kier molecular flexibility index (Phi) is 6.57. The van der Waals surface area contributed by atoms with E-state index in [1.165, 1.54) is 0 Å². The van der Waals surface area contributed by atoms with Gasteiger partial charge >= 0.3 is 0 Å². The van der Waals surface area contributed by atoms with E-state index < -0.39 is 0 Å². The van der Waals surface area contributed by atoms with Crippen LogP contribution in [0.2, 0.25) is 0 Å². The van der Waals surface area contributed by atoms with Crippen LogP contribution in [-0.4, -0.2) is 40.1 Å². The summed E-state index contributed by atoms with van der Waals surface area (Å²) in [5.41, 5.74) is 0. The van der Waals surface area contributed by atoms with Crippen molar-refractivity contribution in [3.8, 4) is 0 Å². The largest absolute Gasteiger partial charge is 0.342 e. The molecule has 1 aliphatic heterocycles. The van der Waals surface area contributed by atoms with Crippen molar-refractivity contribution >= 4 is 5.91 Å². The fourth-order valence-electron chi connectivity index (χ4n) is 3.28. The Hall–Kier alpha value is -1.43. The zero-order valence-corrected chi connectivity index (χ0v) is 14.8. The van der Waals surface area contributed by atoms with Crippen LogP contribution in [-0.2, 0) is 11.2 Å². The van der Waals surface area contributed by atoms with E-state index in [2.05, 4.69) is 36.2 Å². The van der Waals surface area contributed by atoms with Gasteiger partial charge in [-0.1, -0.05) is 32.3 Å². The molecule has 23 heavy (non-hydrogen) atoms. The molecular formula is C17H30N4O2. The van der Waals surface area contributed by atoms with Gasteiger partial charge in [0, 0.05) is 32.0 Å². The summed E-state index contributed by atoms with van der Waals surface area (Å²) >= 11 is 0. The molecule has 0 aliphatic carbocycles. The normalized spacial score (nSPS) is 23.0. The van der Waals surface area contributed by atoms with Crippen LogP contribution in [0, 0.1) is 5.92 Å². The standard InChI is InChI=1S/C17H30N4O2/c1-5-8-15-19-17(23-20-15)12(4)18-14-9-10-21(16(22)7-3)11-13(14)6-2/h12-14,18H,5-11H2,1-4H3/t12-,13+,14+/m0/s1. The fraction of sp³-hybridized carbons (Fsp3) is 0.824. The average molecular weight is 322 g/mol. The Labute approximate surface area is 139 Å². The molecule has 1 amide bonds. The van der Waals surface area contributed by atoms with Gasteiger partial charge in [-0.15, -0.1) is 0 Å². The first-order valence-electron chi connectivity index (χ1n) is 8.95. The quantitative estimate of drug-likeness (QED) is 0.835. The Morgan fingerprint density at radius 1 is 1.43 bits per heavy atom. The zero-order chi connectivity index (χ0) is 16.8. The second-order valence-corrected chi connectivity index (χ2v) is 6.44. The molecule has 0 saturated carbocycles. The van der Waals surface area contributed by atoms with Crippen LogP contribution in [0.15, 0.2) is 4.52 Å². The molecule has 1 saturated heterocycles. The predicted octanol–water partition coefficient (Wildman–Crippen LogP) is 2.71. The maximum absolute atomic E-state index is 11.9. The Morgan fingerprint density at radius 2 is 2.22 bits per heavy atom. The third kappa shape index (κ3) is 4.53. The molecule has 1 aromatic heterocycles. The van der Waals surface area contributed by atoms with Crippen molar-refractivity contribution in [2.24, 2.45) is 5.92 Å².